The van der Waals surface area contributed by atoms with E-state index in [9.17, 15) is 9.59 Å². The van der Waals surface area contributed by atoms with Crippen LogP contribution in [0.4, 0.5) is 0 Å². The van der Waals surface area contributed by atoms with Gasteiger partial charge < -0.3 is 19.9 Å². The van der Waals surface area contributed by atoms with E-state index in [4.69, 9.17) is 9.31 Å². The molecule has 6 nitrogen and oxygen atoms in total. The van der Waals surface area contributed by atoms with Crippen LogP contribution in [0.3, 0.4) is 0 Å². The van der Waals surface area contributed by atoms with E-state index in [1.807, 2.05) is 13.8 Å². The van der Waals surface area contributed by atoms with Gasteiger partial charge in [0, 0.05) is 24.2 Å². The van der Waals surface area contributed by atoms with Crippen LogP contribution in [0.15, 0.2) is 48.5 Å². The molecule has 0 bridgehead atoms. The van der Waals surface area contributed by atoms with Crippen LogP contribution < -0.4 is 19.9 Å². The summed E-state index contributed by atoms with van der Waals surface area (Å²) < 4.78 is 10.8. The third-order valence-corrected chi connectivity index (χ3v) is 3.24. The molecule has 0 heterocycles. The highest BCUT2D eigenvalue weighted by molar-refractivity contribution is 6.20. The van der Waals surface area contributed by atoms with E-state index in [-0.39, 0.29) is 11.8 Å². The molecule has 0 atom stereocenters. The number of hydrogen-bond acceptors (Lipinski definition) is 4. The smallest absolute Gasteiger partial charge is 0.526 e. The van der Waals surface area contributed by atoms with E-state index in [1.165, 1.54) is 0 Å². The standard InChI is InChI=1S/C18H20BN2O4/c1-3-20-17(22)13-7-5-9-15(11-13)24-19-25-16-10-6-8-14(12-16)18(23)21-4-2/h5-12H,3-4H2,1-2H3,(H,20,22)(H,21,23). The van der Waals surface area contributed by atoms with E-state index < -0.39 is 0 Å². The highest BCUT2D eigenvalue weighted by Gasteiger charge is 2.09. The first kappa shape index (κ1) is 18.4. The molecule has 2 aromatic carbocycles. The van der Waals surface area contributed by atoms with Crippen molar-refractivity contribution in [3.05, 3.63) is 59.7 Å². The summed E-state index contributed by atoms with van der Waals surface area (Å²) in [4.78, 5) is 23.6. The molecule has 0 saturated heterocycles. The van der Waals surface area contributed by atoms with E-state index in [0.29, 0.717) is 35.7 Å². The van der Waals surface area contributed by atoms with Crippen LogP contribution in [-0.4, -0.2) is 32.6 Å². The Morgan fingerprint density at radius 1 is 0.840 bits per heavy atom. The average molecular weight is 339 g/mol. The van der Waals surface area contributed by atoms with Gasteiger partial charge in [-0.2, -0.15) is 0 Å². The SMILES string of the molecule is CCNC(=O)c1cccc(O[B]Oc2cccc(C(=O)NCC)c2)c1. The molecule has 0 spiro atoms. The van der Waals surface area contributed by atoms with Crippen LogP contribution in [0.2, 0.25) is 0 Å². The molecule has 25 heavy (non-hydrogen) atoms. The fourth-order valence-electron chi connectivity index (χ4n) is 2.08. The van der Waals surface area contributed by atoms with Crippen LogP contribution in [-0.2, 0) is 0 Å². The van der Waals surface area contributed by atoms with Gasteiger partial charge in [0.1, 0.15) is 11.5 Å². The summed E-state index contributed by atoms with van der Waals surface area (Å²) in [7, 11) is 1.16. The number of benzene rings is 2. The lowest BCUT2D eigenvalue weighted by Crippen LogP contribution is -2.23. The minimum atomic E-state index is -0.163. The second-order valence-electron chi connectivity index (χ2n) is 5.11. The lowest BCUT2D eigenvalue weighted by molar-refractivity contribution is 0.0947. The fourth-order valence-corrected chi connectivity index (χ4v) is 2.08. The Balaban J connectivity index is 1.92. The average Bonchev–Trinajstić information content (AvgIpc) is 2.63. The van der Waals surface area contributed by atoms with Crippen molar-refractivity contribution in [2.24, 2.45) is 0 Å². The Morgan fingerprint density at radius 3 is 1.68 bits per heavy atom. The number of hydrogen-bond donors (Lipinski definition) is 2. The van der Waals surface area contributed by atoms with Crippen molar-refractivity contribution in [3.63, 3.8) is 0 Å². The number of carbonyl (C=O) groups excluding carboxylic acids is 2. The first-order chi connectivity index (χ1) is 12.1. The zero-order valence-electron chi connectivity index (χ0n) is 14.2. The summed E-state index contributed by atoms with van der Waals surface area (Å²) in [6, 6.07) is 13.5. The van der Waals surface area contributed by atoms with Crippen LogP contribution in [0.5, 0.6) is 11.5 Å². The summed E-state index contributed by atoms with van der Waals surface area (Å²) in [5, 5.41) is 5.45. The molecule has 0 unspecified atom stereocenters. The molecule has 0 aliphatic rings. The van der Waals surface area contributed by atoms with Crippen LogP contribution >= 0.6 is 0 Å². The third kappa shape index (κ3) is 5.56. The lowest BCUT2D eigenvalue weighted by atomic mass is 10.2. The molecule has 2 aromatic rings. The number of carbonyl (C=O) groups is 2. The molecule has 129 valence electrons. The largest absolute Gasteiger partial charge is 0.658 e. The molecule has 1 radical (unpaired) electrons. The summed E-state index contributed by atoms with van der Waals surface area (Å²) in [6.07, 6.45) is 0. The summed E-state index contributed by atoms with van der Waals surface area (Å²) in [6.45, 7) is 4.83. The van der Waals surface area contributed by atoms with Gasteiger partial charge in [0.05, 0.1) is 0 Å². The minimum Gasteiger partial charge on any atom is -0.526 e. The first-order valence-electron chi connectivity index (χ1n) is 8.05. The van der Waals surface area contributed by atoms with Crippen molar-refractivity contribution >= 4 is 19.5 Å². The maximum atomic E-state index is 11.8. The quantitative estimate of drug-likeness (QED) is 0.723. The summed E-state index contributed by atoms with van der Waals surface area (Å²) >= 11 is 0. The second kappa shape index (κ2) is 9.37. The zero-order valence-corrected chi connectivity index (χ0v) is 14.2. The number of amides is 2. The van der Waals surface area contributed by atoms with Gasteiger partial charge in [0.2, 0.25) is 0 Å². The molecule has 2 rings (SSSR count). The molecule has 2 N–H and O–H groups in total. The van der Waals surface area contributed by atoms with E-state index in [0.717, 1.165) is 7.69 Å². The number of nitrogens with one attached hydrogen (secondary N) is 2. The Labute approximate surface area is 147 Å². The van der Waals surface area contributed by atoms with E-state index in [1.54, 1.807) is 48.5 Å². The van der Waals surface area contributed by atoms with Crippen LogP contribution in [0.1, 0.15) is 34.6 Å². The molecule has 0 aromatic heterocycles. The van der Waals surface area contributed by atoms with Crippen molar-refractivity contribution in [1.29, 1.82) is 0 Å². The van der Waals surface area contributed by atoms with Crippen LogP contribution in [0, 0.1) is 0 Å². The molecule has 0 saturated carbocycles. The van der Waals surface area contributed by atoms with Gasteiger partial charge in [0.15, 0.2) is 0 Å². The van der Waals surface area contributed by atoms with Crippen molar-refractivity contribution in [1.82, 2.24) is 10.6 Å². The highest BCUT2D eigenvalue weighted by atomic mass is 16.6. The Morgan fingerprint density at radius 2 is 1.28 bits per heavy atom. The van der Waals surface area contributed by atoms with Gasteiger partial charge in [-0.25, -0.2) is 0 Å². The Hall–Kier alpha value is -2.96. The Kier molecular flexibility index (Phi) is 6.89. The lowest BCUT2D eigenvalue weighted by Gasteiger charge is -2.09. The first-order valence-corrected chi connectivity index (χ1v) is 8.05. The highest BCUT2D eigenvalue weighted by Crippen LogP contribution is 2.15. The van der Waals surface area contributed by atoms with Gasteiger partial charge in [0.25, 0.3) is 11.8 Å². The molecule has 2 amide bonds. The molecule has 0 fully saturated rings. The van der Waals surface area contributed by atoms with E-state index >= 15 is 0 Å². The van der Waals surface area contributed by atoms with Crippen molar-refractivity contribution < 1.29 is 18.9 Å². The predicted molar refractivity (Wildman–Crippen MR) is 95.9 cm³/mol. The second-order valence-corrected chi connectivity index (χ2v) is 5.11. The minimum absolute atomic E-state index is 0.163. The normalized spacial score (nSPS) is 9.84. The summed E-state index contributed by atoms with van der Waals surface area (Å²) in [5.74, 6) is 0.624. The van der Waals surface area contributed by atoms with E-state index in [2.05, 4.69) is 10.6 Å². The Bertz CT molecular complexity index is 675. The molecular weight excluding hydrogens is 319 g/mol. The van der Waals surface area contributed by atoms with Gasteiger partial charge >= 0.3 is 7.69 Å². The van der Waals surface area contributed by atoms with Gasteiger partial charge in [-0.3, -0.25) is 9.59 Å². The van der Waals surface area contributed by atoms with Crippen LogP contribution in [0.25, 0.3) is 0 Å². The topological polar surface area (TPSA) is 76.7 Å². The predicted octanol–water partition coefficient (Wildman–Crippen LogP) is 2.18. The van der Waals surface area contributed by atoms with Crippen molar-refractivity contribution in [2.45, 2.75) is 13.8 Å². The van der Waals surface area contributed by atoms with Gasteiger partial charge in [-0.05, 0) is 50.2 Å². The third-order valence-electron chi connectivity index (χ3n) is 3.24. The number of rotatable bonds is 8. The molecule has 0 aliphatic carbocycles. The molecule has 7 heteroatoms. The van der Waals surface area contributed by atoms with Crippen molar-refractivity contribution in [3.8, 4) is 11.5 Å². The van der Waals surface area contributed by atoms with Gasteiger partial charge in [-0.15, -0.1) is 0 Å². The monoisotopic (exact) mass is 339 g/mol. The molecular formula is C18H20BN2O4. The fraction of sp³-hybridized carbons (Fsp3) is 0.222. The zero-order chi connectivity index (χ0) is 18.1. The van der Waals surface area contributed by atoms with Crippen molar-refractivity contribution in [2.75, 3.05) is 13.1 Å². The maximum absolute atomic E-state index is 11.8. The summed E-state index contributed by atoms with van der Waals surface area (Å²) in [5.41, 5.74) is 1.01. The van der Waals surface area contributed by atoms with Gasteiger partial charge in [-0.1, -0.05) is 12.1 Å². The maximum Gasteiger partial charge on any atom is 0.658 e. The molecule has 0 aliphatic heterocycles.